The number of aromatic nitrogens is 2. The van der Waals surface area contributed by atoms with Gasteiger partial charge in [0.25, 0.3) is 0 Å². The lowest BCUT2D eigenvalue weighted by molar-refractivity contribution is 0.584. The van der Waals surface area contributed by atoms with Gasteiger partial charge in [0, 0.05) is 11.1 Å². The predicted molar refractivity (Wildman–Crippen MR) is 145 cm³/mol. The summed E-state index contributed by atoms with van der Waals surface area (Å²) < 4.78 is 5.97. The minimum Gasteiger partial charge on any atom is -0.416 e. The Hall–Kier alpha value is -4.24. The Kier molecular flexibility index (Phi) is 6.67. The van der Waals surface area contributed by atoms with Gasteiger partial charge in [-0.2, -0.15) is 0 Å². The molecular formula is C32H28N2O. The van der Waals surface area contributed by atoms with Crippen molar-refractivity contribution in [2.24, 2.45) is 0 Å². The van der Waals surface area contributed by atoms with Gasteiger partial charge >= 0.3 is 0 Å². The van der Waals surface area contributed by atoms with Gasteiger partial charge in [-0.25, -0.2) is 0 Å². The molecular weight excluding hydrogens is 428 g/mol. The minimum atomic E-state index is 0.517. The number of hydrogen-bond donors (Lipinski definition) is 0. The molecule has 172 valence electrons. The molecule has 0 aliphatic rings. The van der Waals surface area contributed by atoms with E-state index in [1.54, 1.807) is 0 Å². The zero-order chi connectivity index (χ0) is 24.0. The topological polar surface area (TPSA) is 38.9 Å². The van der Waals surface area contributed by atoms with Crippen LogP contribution in [0.5, 0.6) is 0 Å². The van der Waals surface area contributed by atoms with Gasteiger partial charge in [0.1, 0.15) is 0 Å². The first kappa shape index (κ1) is 22.5. The summed E-state index contributed by atoms with van der Waals surface area (Å²) in [6.07, 6.45) is 5.42. The first-order valence-electron chi connectivity index (χ1n) is 12.1. The Morgan fingerprint density at radius 1 is 0.600 bits per heavy atom. The van der Waals surface area contributed by atoms with Crippen molar-refractivity contribution in [3.8, 4) is 34.0 Å². The molecule has 1 aromatic heterocycles. The molecule has 5 aromatic rings. The molecule has 35 heavy (non-hydrogen) atoms. The van der Waals surface area contributed by atoms with Crippen LogP contribution in [-0.2, 0) is 0 Å². The lowest BCUT2D eigenvalue weighted by Crippen LogP contribution is -1.90. The second kappa shape index (κ2) is 10.4. The molecule has 0 N–H and O–H groups in total. The summed E-state index contributed by atoms with van der Waals surface area (Å²) >= 11 is 0. The van der Waals surface area contributed by atoms with E-state index in [0.717, 1.165) is 28.7 Å². The highest BCUT2D eigenvalue weighted by atomic mass is 16.4. The van der Waals surface area contributed by atoms with Gasteiger partial charge in [0.05, 0.1) is 0 Å². The highest BCUT2D eigenvalue weighted by Gasteiger charge is 2.11. The Bertz CT molecular complexity index is 1400. The van der Waals surface area contributed by atoms with E-state index in [1.165, 1.54) is 16.7 Å². The predicted octanol–water partition coefficient (Wildman–Crippen LogP) is 8.75. The van der Waals surface area contributed by atoms with E-state index in [4.69, 9.17) is 4.42 Å². The fraction of sp³-hybridized carbons (Fsp3) is 0.125. The molecule has 3 nitrogen and oxygen atoms in total. The molecule has 0 radical (unpaired) electrons. The largest absolute Gasteiger partial charge is 0.416 e. The summed E-state index contributed by atoms with van der Waals surface area (Å²) in [4.78, 5) is 0. The maximum atomic E-state index is 5.97. The molecule has 0 bridgehead atoms. The van der Waals surface area contributed by atoms with Gasteiger partial charge in [0.15, 0.2) is 0 Å². The molecule has 0 amide bonds. The lowest BCUT2D eigenvalue weighted by atomic mass is 9.97. The Morgan fingerprint density at radius 2 is 1.06 bits per heavy atom. The van der Waals surface area contributed by atoms with Gasteiger partial charge in [-0.15, -0.1) is 10.2 Å². The van der Waals surface area contributed by atoms with Crippen LogP contribution in [0.25, 0.3) is 46.2 Å². The average molecular weight is 457 g/mol. The van der Waals surface area contributed by atoms with Gasteiger partial charge in [-0.1, -0.05) is 105 Å². The van der Waals surface area contributed by atoms with Gasteiger partial charge in [-0.3, -0.25) is 0 Å². The average Bonchev–Trinajstić information content (AvgIpc) is 3.43. The molecule has 0 aliphatic carbocycles. The molecule has 1 heterocycles. The Morgan fingerprint density at radius 3 is 1.60 bits per heavy atom. The van der Waals surface area contributed by atoms with Crippen LogP contribution in [-0.4, -0.2) is 10.2 Å². The molecule has 4 aromatic carbocycles. The van der Waals surface area contributed by atoms with Crippen molar-refractivity contribution in [3.05, 3.63) is 120 Å². The highest BCUT2D eigenvalue weighted by Crippen LogP contribution is 2.27. The van der Waals surface area contributed by atoms with E-state index >= 15 is 0 Å². The van der Waals surface area contributed by atoms with E-state index in [1.807, 2.05) is 42.5 Å². The fourth-order valence-electron chi connectivity index (χ4n) is 3.99. The van der Waals surface area contributed by atoms with Crippen LogP contribution in [0.1, 0.15) is 42.9 Å². The molecule has 5 rings (SSSR count). The molecule has 1 unspecified atom stereocenters. The normalized spacial score (nSPS) is 12.2. The van der Waals surface area contributed by atoms with E-state index < -0.39 is 0 Å². The SMILES string of the molecule is CCC(C)c1ccc(C=Cc2ccc(-c3nnc(-c4ccc(-c5ccccc5)cc4)o3)cc2)cc1. The Balaban J connectivity index is 1.26. The maximum Gasteiger partial charge on any atom is 0.248 e. The molecule has 1 atom stereocenters. The first-order chi connectivity index (χ1) is 17.2. The number of rotatable bonds is 7. The standard InChI is InChI=1S/C32H28N2O/c1-3-23(2)26-15-11-24(12-16-26)9-10-25-13-17-29(18-14-25)31-33-34-32(35-31)30-21-19-28(20-22-30)27-7-5-4-6-8-27/h4-23H,3H2,1-2H3. The van der Waals surface area contributed by atoms with Crippen LogP contribution >= 0.6 is 0 Å². The van der Waals surface area contributed by atoms with Gasteiger partial charge in [0.2, 0.25) is 11.8 Å². The minimum absolute atomic E-state index is 0.517. The third-order valence-electron chi connectivity index (χ3n) is 6.41. The summed E-state index contributed by atoms with van der Waals surface area (Å²) in [5.41, 5.74) is 7.85. The zero-order valence-corrected chi connectivity index (χ0v) is 20.1. The van der Waals surface area contributed by atoms with Crippen LogP contribution in [0, 0.1) is 0 Å². The van der Waals surface area contributed by atoms with Crippen molar-refractivity contribution in [2.45, 2.75) is 26.2 Å². The fourth-order valence-corrected chi connectivity index (χ4v) is 3.99. The van der Waals surface area contributed by atoms with Crippen molar-refractivity contribution < 1.29 is 4.42 Å². The van der Waals surface area contributed by atoms with Crippen molar-refractivity contribution in [1.29, 1.82) is 0 Å². The van der Waals surface area contributed by atoms with Crippen LogP contribution < -0.4 is 0 Å². The molecule has 0 saturated heterocycles. The second-order valence-corrected chi connectivity index (χ2v) is 8.79. The molecule has 0 fully saturated rings. The maximum absolute atomic E-state index is 5.97. The summed E-state index contributed by atoms with van der Waals surface area (Å²) in [7, 11) is 0. The smallest absolute Gasteiger partial charge is 0.248 e. The third kappa shape index (κ3) is 5.30. The molecule has 3 heteroatoms. The lowest BCUT2D eigenvalue weighted by Gasteiger charge is -2.08. The first-order valence-corrected chi connectivity index (χ1v) is 12.1. The van der Waals surface area contributed by atoms with Crippen molar-refractivity contribution in [1.82, 2.24) is 10.2 Å². The Labute approximate surface area is 206 Å². The second-order valence-electron chi connectivity index (χ2n) is 8.79. The van der Waals surface area contributed by atoms with Crippen molar-refractivity contribution in [3.63, 3.8) is 0 Å². The number of benzene rings is 4. The van der Waals surface area contributed by atoms with Gasteiger partial charge in [-0.05, 0) is 64.4 Å². The molecule has 0 saturated carbocycles. The third-order valence-corrected chi connectivity index (χ3v) is 6.41. The monoisotopic (exact) mass is 456 g/mol. The van der Waals surface area contributed by atoms with E-state index in [-0.39, 0.29) is 0 Å². The van der Waals surface area contributed by atoms with Crippen LogP contribution in [0.3, 0.4) is 0 Å². The summed E-state index contributed by atoms with van der Waals surface area (Å²) in [5.74, 6) is 1.63. The van der Waals surface area contributed by atoms with Crippen LogP contribution in [0.2, 0.25) is 0 Å². The van der Waals surface area contributed by atoms with Crippen LogP contribution in [0.4, 0.5) is 0 Å². The quantitative estimate of drug-likeness (QED) is 0.230. The van der Waals surface area contributed by atoms with E-state index in [2.05, 4.69) is 96.9 Å². The van der Waals surface area contributed by atoms with E-state index in [0.29, 0.717) is 17.7 Å². The number of hydrogen-bond acceptors (Lipinski definition) is 3. The van der Waals surface area contributed by atoms with Gasteiger partial charge < -0.3 is 4.42 Å². The summed E-state index contributed by atoms with van der Waals surface area (Å²) in [6.45, 7) is 4.49. The summed E-state index contributed by atoms with van der Waals surface area (Å²) in [6, 6.07) is 35.5. The molecule has 0 aliphatic heterocycles. The van der Waals surface area contributed by atoms with Crippen molar-refractivity contribution >= 4 is 12.2 Å². The highest BCUT2D eigenvalue weighted by molar-refractivity contribution is 5.71. The summed E-state index contributed by atoms with van der Waals surface area (Å²) in [5, 5.41) is 8.52. The van der Waals surface area contributed by atoms with Crippen LogP contribution in [0.15, 0.2) is 108 Å². The number of nitrogens with zero attached hydrogens (tertiary/aromatic N) is 2. The zero-order valence-electron chi connectivity index (χ0n) is 20.1. The van der Waals surface area contributed by atoms with E-state index in [9.17, 15) is 0 Å². The van der Waals surface area contributed by atoms with Crippen molar-refractivity contribution in [2.75, 3.05) is 0 Å². The molecule has 0 spiro atoms.